The quantitative estimate of drug-likeness (QED) is 0.873. The van der Waals surface area contributed by atoms with E-state index in [1.807, 2.05) is 19.2 Å². The van der Waals surface area contributed by atoms with Gasteiger partial charge in [0.15, 0.2) is 5.13 Å². The number of nitrogens with one attached hydrogen (secondary N) is 1. The number of anilines is 2. The van der Waals surface area contributed by atoms with Gasteiger partial charge in [-0.3, -0.25) is 0 Å². The van der Waals surface area contributed by atoms with Crippen LogP contribution in [-0.4, -0.2) is 9.97 Å². The predicted octanol–water partition coefficient (Wildman–Crippen LogP) is 4.65. The molecular formula is C13H16BrN3S. The lowest BCUT2D eigenvalue weighted by molar-refractivity contribution is 0.573. The van der Waals surface area contributed by atoms with E-state index in [4.69, 9.17) is 0 Å². The lowest BCUT2D eigenvalue weighted by Gasteiger charge is -2.14. The van der Waals surface area contributed by atoms with Crippen molar-refractivity contribution in [3.8, 4) is 0 Å². The number of hydrogen-bond acceptors (Lipinski definition) is 4. The average Bonchev–Trinajstić information content (AvgIpc) is 2.70. The molecule has 0 atom stereocenters. The van der Waals surface area contributed by atoms with Gasteiger partial charge in [0.1, 0.15) is 5.82 Å². The molecule has 2 heterocycles. The summed E-state index contributed by atoms with van der Waals surface area (Å²) in [5.41, 5.74) is 2.30. The Morgan fingerprint density at radius 2 is 2.06 bits per heavy atom. The molecule has 0 unspecified atom stereocenters. The molecule has 0 spiro atoms. The van der Waals surface area contributed by atoms with Crippen molar-refractivity contribution in [2.75, 3.05) is 5.32 Å². The van der Waals surface area contributed by atoms with E-state index in [1.54, 1.807) is 11.3 Å². The lowest BCUT2D eigenvalue weighted by Crippen LogP contribution is -2.11. The van der Waals surface area contributed by atoms with Crippen LogP contribution in [0.25, 0.3) is 0 Å². The molecule has 0 saturated carbocycles. The van der Waals surface area contributed by atoms with Gasteiger partial charge in [-0.1, -0.05) is 20.8 Å². The standard InChI is InChI=1S/C13H16BrN3S/c1-8-5-9(14)11(15-6-8)17-12-16-10(7-18-12)13(2,3)4/h5-7H,1-4H3,(H,15,16,17). The fourth-order valence-corrected chi connectivity index (χ4v) is 2.90. The molecule has 0 aliphatic rings. The summed E-state index contributed by atoms with van der Waals surface area (Å²) in [5, 5.41) is 6.20. The SMILES string of the molecule is Cc1cnc(Nc2nc(C(C)(C)C)cs2)c(Br)c1. The maximum atomic E-state index is 4.59. The van der Waals surface area contributed by atoms with Crippen molar-refractivity contribution < 1.29 is 0 Å². The van der Waals surface area contributed by atoms with E-state index in [0.717, 1.165) is 26.7 Å². The minimum Gasteiger partial charge on any atom is -0.315 e. The molecule has 0 fully saturated rings. The van der Waals surface area contributed by atoms with Gasteiger partial charge in [-0.15, -0.1) is 11.3 Å². The molecule has 0 aliphatic heterocycles. The Kier molecular flexibility index (Phi) is 3.73. The summed E-state index contributed by atoms with van der Waals surface area (Å²) in [4.78, 5) is 8.94. The zero-order valence-electron chi connectivity index (χ0n) is 10.9. The molecule has 1 N–H and O–H groups in total. The van der Waals surface area contributed by atoms with Crippen LogP contribution in [0.3, 0.4) is 0 Å². The predicted molar refractivity (Wildman–Crippen MR) is 80.8 cm³/mol. The molecule has 18 heavy (non-hydrogen) atoms. The molecule has 0 aromatic carbocycles. The highest BCUT2D eigenvalue weighted by molar-refractivity contribution is 9.10. The molecule has 2 aromatic heterocycles. The summed E-state index contributed by atoms with van der Waals surface area (Å²) in [6, 6.07) is 2.04. The smallest absolute Gasteiger partial charge is 0.188 e. The van der Waals surface area contributed by atoms with Gasteiger partial charge < -0.3 is 5.32 Å². The average molecular weight is 326 g/mol. The molecule has 5 heteroatoms. The van der Waals surface area contributed by atoms with Gasteiger partial charge >= 0.3 is 0 Å². The van der Waals surface area contributed by atoms with Crippen LogP contribution in [-0.2, 0) is 5.41 Å². The normalized spacial score (nSPS) is 11.6. The molecule has 96 valence electrons. The third-order valence-corrected chi connectivity index (χ3v) is 3.84. The van der Waals surface area contributed by atoms with E-state index in [0.29, 0.717) is 0 Å². The van der Waals surface area contributed by atoms with Gasteiger partial charge in [0.05, 0.1) is 10.2 Å². The summed E-state index contributed by atoms with van der Waals surface area (Å²) in [6.07, 6.45) is 1.84. The Morgan fingerprint density at radius 1 is 1.33 bits per heavy atom. The summed E-state index contributed by atoms with van der Waals surface area (Å²) in [6.45, 7) is 8.49. The van der Waals surface area contributed by atoms with Crippen molar-refractivity contribution in [3.05, 3.63) is 33.4 Å². The van der Waals surface area contributed by atoms with Gasteiger partial charge in [0.25, 0.3) is 0 Å². The van der Waals surface area contributed by atoms with Crippen LogP contribution >= 0.6 is 27.3 Å². The van der Waals surface area contributed by atoms with E-state index in [-0.39, 0.29) is 5.41 Å². The summed E-state index contributed by atoms with van der Waals surface area (Å²) in [5.74, 6) is 0.801. The highest BCUT2D eigenvalue weighted by Crippen LogP contribution is 2.30. The fourth-order valence-electron chi connectivity index (χ4n) is 1.40. The molecule has 2 rings (SSSR count). The van der Waals surface area contributed by atoms with Crippen LogP contribution in [0.15, 0.2) is 22.1 Å². The van der Waals surface area contributed by atoms with Crippen molar-refractivity contribution >= 4 is 38.2 Å². The molecule has 0 aliphatic carbocycles. The highest BCUT2D eigenvalue weighted by Gasteiger charge is 2.17. The first-order chi connectivity index (χ1) is 8.36. The van der Waals surface area contributed by atoms with Crippen molar-refractivity contribution in [1.82, 2.24) is 9.97 Å². The third kappa shape index (κ3) is 3.09. The topological polar surface area (TPSA) is 37.8 Å². The molecule has 2 aromatic rings. The van der Waals surface area contributed by atoms with Crippen LogP contribution in [0.2, 0.25) is 0 Å². The van der Waals surface area contributed by atoms with Crippen LogP contribution in [0.5, 0.6) is 0 Å². The van der Waals surface area contributed by atoms with Crippen molar-refractivity contribution in [2.24, 2.45) is 0 Å². The number of pyridine rings is 1. The Labute approximate surface area is 120 Å². The molecule has 0 bridgehead atoms. The first-order valence-corrected chi connectivity index (χ1v) is 7.39. The van der Waals surface area contributed by atoms with Crippen LogP contribution in [0.4, 0.5) is 10.9 Å². The minimum atomic E-state index is 0.0777. The van der Waals surface area contributed by atoms with Gasteiger partial charge in [-0.2, -0.15) is 0 Å². The molecule has 3 nitrogen and oxygen atoms in total. The molecule has 0 amide bonds. The Hall–Kier alpha value is -0.940. The zero-order valence-corrected chi connectivity index (χ0v) is 13.3. The number of rotatable bonds is 2. The van der Waals surface area contributed by atoms with E-state index in [2.05, 4.69) is 57.4 Å². The second kappa shape index (κ2) is 4.97. The summed E-state index contributed by atoms with van der Waals surface area (Å²) in [7, 11) is 0. The maximum absolute atomic E-state index is 4.59. The molecular weight excluding hydrogens is 310 g/mol. The van der Waals surface area contributed by atoms with E-state index in [9.17, 15) is 0 Å². The second-order valence-electron chi connectivity index (χ2n) is 5.26. The number of thiazole rings is 1. The van der Waals surface area contributed by atoms with E-state index >= 15 is 0 Å². The van der Waals surface area contributed by atoms with Crippen LogP contribution in [0.1, 0.15) is 32.0 Å². The van der Waals surface area contributed by atoms with Crippen molar-refractivity contribution in [1.29, 1.82) is 0 Å². The number of nitrogens with zero attached hydrogens (tertiary/aromatic N) is 2. The molecule has 0 radical (unpaired) electrons. The number of halogens is 1. The van der Waals surface area contributed by atoms with Crippen LogP contribution < -0.4 is 5.32 Å². The second-order valence-corrected chi connectivity index (χ2v) is 6.97. The number of hydrogen-bond donors (Lipinski definition) is 1. The van der Waals surface area contributed by atoms with Crippen molar-refractivity contribution in [2.45, 2.75) is 33.1 Å². The lowest BCUT2D eigenvalue weighted by atomic mass is 9.93. The monoisotopic (exact) mass is 325 g/mol. The number of aryl methyl sites for hydroxylation is 1. The largest absolute Gasteiger partial charge is 0.315 e. The van der Waals surface area contributed by atoms with Gasteiger partial charge in [0.2, 0.25) is 0 Å². The van der Waals surface area contributed by atoms with E-state index < -0.39 is 0 Å². The number of aromatic nitrogens is 2. The summed E-state index contributed by atoms with van der Waals surface area (Å²) >= 11 is 5.10. The first kappa shape index (κ1) is 13.5. The fraction of sp³-hybridized carbons (Fsp3) is 0.385. The maximum Gasteiger partial charge on any atom is 0.188 e. The summed E-state index contributed by atoms with van der Waals surface area (Å²) < 4.78 is 0.954. The van der Waals surface area contributed by atoms with Crippen molar-refractivity contribution in [3.63, 3.8) is 0 Å². The molecule has 0 saturated heterocycles. The Morgan fingerprint density at radius 3 is 2.61 bits per heavy atom. The van der Waals surface area contributed by atoms with Gasteiger partial charge in [-0.25, -0.2) is 9.97 Å². The minimum absolute atomic E-state index is 0.0777. The third-order valence-electron chi connectivity index (χ3n) is 2.48. The van der Waals surface area contributed by atoms with Gasteiger partial charge in [0, 0.05) is 17.0 Å². The zero-order chi connectivity index (χ0) is 13.3. The van der Waals surface area contributed by atoms with E-state index in [1.165, 1.54) is 0 Å². The first-order valence-electron chi connectivity index (χ1n) is 5.71. The Balaban J connectivity index is 2.21. The van der Waals surface area contributed by atoms with Gasteiger partial charge in [-0.05, 0) is 34.5 Å². The highest BCUT2D eigenvalue weighted by atomic mass is 79.9. The Bertz CT molecular complexity index is 558. The van der Waals surface area contributed by atoms with Crippen LogP contribution in [0, 0.1) is 6.92 Å².